The highest BCUT2D eigenvalue weighted by Crippen LogP contribution is 2.17. The molecule has 2 rings (SSSR count). The SMILES string of the molecule is CC(C)(CNC(=O)C1=CN2CCS(=O)(=O)N=C2C=C1)C(=O)O. The Morgan fingerprint density at radius 3 is 2.73 bits per heavy atom. The molecule has 0 bridgehead atoms. The number of sulfonamides is 1. The van der Waals surface area contributed by atoms with E-state index in [0.717, 1.165) is 0 Å². The van der Waals surface area contributed by atoms with E-state index in [0.29, 0.717) is 5.57 Å². The Labute approximate surface area is 128 Å². The third kappa shape index (κ3) is 3.53. The summed E-state index contributed by atoms with van der Waals surface area (Å²) in [4.78, 5) is 24.6. The number of carbonyl (C=O) groups is 2. The first-order chi connectivity index (χ1) is 10.1. The molecular formula is C13H17N3O5S. The summed E-state index contributed by atoms with van der Waals surface area (Å²) in [5.41, 5.74) is -0.750. The maximum atomic E-state index is 12.1. The van der Waals surface area contributed by atoms with Crippen molar-refractivity contribution in [3.63, 3.8) is 0 Å². The average molecular weight is 327 g/mol. The lowest BCUT2D eigenvalue weighted by molar-refractivity contribution is -0.146. The van der Waals surface area contributed by atoms with Crippen LogP contribution < -0.4 is 5.32 Å². The summed E-state index contributed by atoms with van der Waals surface area (Å²) in [6.07, 6.45) is 4.42. The second-order valence-corrected chi connectivity index (χ2v) is 7.47. The Morgan fingerprint density at radius 2 is 2.09 bits per heavy atom. The zero-order valence-electron chi connectivity index (χ0n) is 12.2. The predicted octanol–water partition coefficient (Wildman–Crippen LogP) is -0.289. The summed E-state index contributed by atoms with van der Waals surface area (Å²) < 4.78 is 26.4. The van der Waals surface area contributed by atoms with E-state index in [2.05, 4.69) is 9.71 Å². The Morgan fingerprint density at radius 1 is 1.41 bits per heavy atom. The smallest absolute Gasteiger partial charge is 0.310 e. The number of carbonyl (C=O) groups excluding carboxylic acids is 1. The molecule has 8 nitrogen and oxygen atoms in total. The van der Waals surface area contributed by atoms with E-state index in [9.17, 15) is 18.0 Å². The number of amidine groups is 1. The molecule has 0 atom stereocenters. The Hall–Kier alpha value is -2.16. The van der Waals surface area contributed by atoms with Gasteiger partial charge in [-0.3, -0.25) is 9.59 Å². The largest absolute Gasteiger partial charge is 0.481 e. The summed E-state index contributed by atoms with van der Waals surface area (Å²) in [5, 5.41) is 11.6. The minimum atomic E-state index is -3.43. The van der Waals surface area contributed by atoms with E-state index in [1.165, 1.54) is 32.2 Å². The van der Waals surface area contributed by atoms with Crippen molar-refractivity contribution in [3.8, 4) is 0 Å². The summed E-state index contributed by atoms with van der Waals surface area (Å²) in [6.45, 7) is 3.24. The number of hydrogen-bond acceptors (Lipinski definition) is 5. The number of nitrogens with one attached hydrogen (secondary N) is 1. The van der Waals surface area contributed by atoms with Crippen LogP contribution in [0, 0.1) is 5.41 Å². The van der Waals surface area contributed by atoms with Gasteiger partial charge in [-0.1, -0.05) is 0 Å². The van der Waals surface area contributed by atoms with Gasteiger partial charge in [-0.25, -0.2) is 8.42 Å². The van der Waals surface area contributed by atoms with Crippen molar-refractivity contribution in [2.75, 3.05) is 18.8 Å². The third-order valence-corrected chi connectivity index (χ3v) is 4.52. The maximum Gasteiger partial charge on any atom is 0.310 e. The van der Waals surface area contributed by atoms with Crippen LogP contribution in [-0.4, -0.2) is 55.0 Å². The molecule has 0 aliphatic carbocycles. The van der Waals surface area contributed by atoms with Gasteiger partial charge < -0.3 is 15.3 Å². The van der Waals surface area contributed by atoms with Crippen molar-refractivity contribution in [1.82, 2.24) is 10.2 Å². The molecule has 0 fully saturated rings. The molecule has 2 aliphatic heterocycles. The van der Waals surface area contributed by atoms with Gasteiger partial charge in [0.15, 0.2) is 0 Å². The molecule has 1 amide bonds. The van der Waals surface area contributed by atoms with Crippen LogP contribution in [0.15, 0.2) is 28.3 Å². The van der Waals surface area contributed by atoms with Crippen molar-refractivity contribution in [2.45, 2.75) is 13.8 Å². The molecule has 0 saturated carbocycles. The van der Waals surface area contributed by atoms with E-state index in [-0.39, 0.29) is 24.7 Å². The molecule has 0 aromatic heterocycles. The number of hydrogen-bond donors (Lipinski definition) is 2. The second-order valence-electron chi connectivity index (χ2n) is 5.72. The lowest BCUT2D eigenvalue weighted by Gasteiger charge is -2.27. The molecule has 120 valence electrons. The lowest BCUT2D eigenvalue weighted by atomic mass is 9.94. The fraction of sp³-hybridized carbons (Fsp3) is 0.462. The molecule has 2 aliphatic rings. The minimum Gasteiger partial charge on any atom is -0.481 e. The van der Waals surface area contributed by atoms with Crippen molar-refractivity contribution < 1.29 is 23.1 Å². The highest BCUT2D eigenvalue weighted by atomic mass is 32.2. The number of amides is 1. The summed E-state index contributed by atoms with van der Waals surface area (Å²) in [6, 6.07) is 0. The molecule has 0 aromatic rings. The second kappa shape index (κ2) is 5.56. The fourth-order valence-electron chi connectivity index (χ4n) is 1.81. The molecular weight excluding hydrogens is 310 g/mol. The Balaban J connectivity index is 2.07. The van der Waals surface area contributed by atoms with Gasteiger partial charge in [0.1, 0.15) is 5.84 Å². The highest BCUT2D eigenvalue weighted by molar-refractivity contribution is 7.90. The van der Waals surface area contributed by atoms with E-state index < -0.39 is 27.3 Å². The number of carboxylic acids is 1. The molecule has 0 saturated heterocycles. The van der Waals surface area contributed by atoms with Gasteiger partial charge in [-0.05, 0) is 26.0 Å². The van der Waals surface area contributed by atoms with E-state index >= 15 is 0 Å². The first-order valence-electron chi connectivity index (χ1n) is 6.61. The van der Waals surface area contributed by atoms with Crippen LogP contribution in [0.1, 0.15) is 13.8 Å². The van der Waals surface area contributed by atoms with E-state index in [1.54, 1.807) is 4.90 Å². The molecule has 0 spiro atoms. The third-order valence-electron chi connectivity index (χ3n) is 3.36. The first-order valence-corrected chi connectivity index (χ1v) is 8.22. The van der Waals surface area contributed by atoms with Crippen LogP contribution in [0.3, 0.4) is 0 Å². The van der Waals surface area contributed by atoms with Crippen LogP contribution in [0.4, 0.5) is 0 Å². The molecule has 22 heavy (non-hydrogen) atoms. The molecule has 0 radical (unpaired) electrons. The number of aliphatic carboxylic acids is 1. The van der Waals surface area contributed by atoms with Crippen LogP contribution in [0.2, 0.25) is 0 Å². The minimum absolute atomic E-state index is 0.0122. The van der Waals surface area contributed by atoms with Gasteiger partial charge in [0.25, 0.3) is 15.9 Å². The van der Waals surface area contributed by atoms with Crippen molar-refractivity contribution in [2.24, 2.45) is 9.81 Å². The van der Waals surface area contributed by atoms with Gasteiger partial charge >= 0.3 is 5.97 Å². The van der Waals surface area contributed by atoms with Crippen LogP contribution >= 0.6 is 0 Å². The Kier molecular flexibility index (Phi) is 4.10. The highest BCUT2D eigenvalue weighted by Gasteiger charge is 2.29. The summed E-state index contributed by atoms with van der Waals surface area (Å²) >= 11 is 0. The molecule has 9 heteroatoms. The van der Waals surface area contributed by atoms with Gasteiger partial charge in [-0.15, -0.1) is 4.40 Å². The fourth-order valence-corrected chi connectivity index (χ4v) is 2.78. The molecule has 0 aromatic carbocycles. The maximum absolute atomic E-state index is 12.1. The zero-order valence-corrected chi connectivity index (χ0v) is 13.1. The van der Waals surface area contributed by atoms with Crippen LogP contribution in [0.5, 0.6) is 0 Å². The lowest BCUT2D eigenvalue weighted by Crippen LogP contribution is -2.41. The standard InChI is InChI=1S/C13H17N3O5S/c1-13(2,12(18)19)8-14-11(17)9-3-4-10-15-22(20,21)6-5-16(10)7-9/h3-4,7H,5-6,8H2,1-2H3,(H,14,17)(H,18,19). The first kappa shape index (κ1) is 16.2. The normalized spacial score (nSPS) is 19.8. The topological polar surface area (TPSA) is 116 Å². The number of fused-ring (bicyclic) bond motifs is 1. The zero-order chi connectivity index (χ0) is 16.5. The average Bonchev–Trinajstić information content (AvgIpc) is 2.43. The quantitative estimate of drug-likeness (QED) is 0.733. The molecule has 2 heterocycles. The van der Waals surface area contributed by atoms with Crippen molar-refractivity contribution in [1.29, 1.82) is 0 Å². The van der Waals surface area contributed by atoms with Crippen LogP contribution in [-0.2, 0) is 19.6 Å². The van der Waals surface area contributed by atoms with Gasteiger partial charge in [0.05, 0.1) is 16.7 Å². The summed E-state index contributed by atoms with van der Waals surface area (Å²) in [5.74, 6) is -1.26. The van der Waals surface area contributed by atoms with Gasteiger partial charge in [-0.2, -0.15) is 0 Å². The Bertz CT molecular complexity index is 703. The van der Waals surface area contributed by atoms with Crippen LogP contribution in [0.25, 0.3) is 0 Å². The monoisotopic (exact) mass is 327 g/mol. The van der Waals surface area contributed by atoms with Crippen molar-refractivity contribution in [3.05, 3.63) is 23.9 Å². The molecule has 2 N–H and O–H groups in total. The van der Waals surface area contributed by atoms with Gasteiger partial charge in [0.2, 0.25) is 0 Å². The molecule has 0 unspecified atom stereocenters. The van der Waals surface area contributed by atoms with E-state index in [4.69, 9.17) is 5.11 Å². The summed E-state index contributed by atoms with van der Waals surface area (Å²) in [7, 11) is -3.43. The predicted molar refractivity (Wildman–Crippen MR) is 79.6 cm³/mol. The number of nitrogens with zero attached hydrogens (tertiary/aromatic N) is 2. The number of rotatable bonds is 4. The van der Waals surface area contributed by atoms with E-state index in [1.807, 2.05) is 0 Å². The van der Waals surface area contributed by atoms with Gasteiger partial charge in [0, 0.05) is 19.3 Å². The number of carboxylic acid groups (broad SMARTS) is 1. The van der Waals surface area contributed by atoms with Crippen molar-refractivity contribution >= 4 is 27.7 Å².